The summed E-state index contributed by atoms with van der Waals surface area (Å²) in [6, 6.07) is 10.3. The molecule has 4 heteroatoms. The number of nitrogens with zero attached hydrogens (tertiary/aromatic N) is 1. The van der Waals surface area contributed by atoms with Gasteiger partial charge in [0.1, 0.15) is 0 Å². The minimum absolute atomic E-state index is 0.139. The van der Waals surface area contributed by atoms with Crippen LogP contribution in [0.1, 0.15) is 50.5 Å². The number of hydrogen-bond donors (Lipinski definition) is 1. The van der Waals surface area contributed by atoms with E-state index in [1.54, 1.807) is 4.90 Å². The average molecular weight is 315 g/mol. The number of amides is 1. The van der Waals surface area contributed by atoms with Crippen LogP contribution in [0.2, 0.25) is 0 Å². The molecule has 3 rings (SSSR count). The lowest BCUT2D eigenvalue weighted by molar-refractivity contribution is -0.149. The molecule has 1 amide bonds. The molecule has 1 heterocycles. The van der Waals surface area contributed by atoms with Crippen LogP contribution >= 0.6 is 0 Å². The van der Waals surface area contributed by atoms with Crippen molar-refractivity contribution in [2.75, 3.05) is 6.54 Å². The third-order valence-electron chi connectivity index (χ3n) is 5.60. The number of carboxylic acids is 1. The van der Waals surface area contributed by atoms with Crippen molar-refractivity contribution < 1.29 is 14.7 Å². The summed E-state index contributed by atoms with van der Waals surface area (Å²) < 4.78 is 0. The molecule has 0 bridgehead atoms. The fourth-order valence-electron chi connectivity index (χ4n) is 4.09. The molecule has 124 valence electrons. The lowest BCUT2D eigenvalue weighted by atomic mass is 9.70. The molecule has 1 aromatic rings. The van der Waals surface area contributed by atoms with Crippen LogP contribution in [0, 0.1) is 11.8 Å². The molecule has 0 unspecified atom stereocenters. The minimum Gasteiger partial charge on any atom is -0.481 e. The predicted molar refractivity (Wildman–Crippen MR) is 88.1 cm³/mol. The molecule has 0 spiro atoms. The molecule has 1 saturated carbocycles. The van der Waals surface area contributed by atoms with Gasteiger partial charge in [-0.15, -0.1) is 0 Å². The summed E-state index contributed by atoms with van der Waals surface area (Å²) in [5, 5.41) is 9.27. The van der Waals surface area contributed by atoms with Crippen LogP contribution in [0.3, 0.4) is 0 Å². The molecular formula is C19H25NO3. The van der Waals surface area contributed by atoms with Crippen LogP contribution in [0.5, 0.6) is 0 Å². The summed E-state index contributed by atoms with van der Waals surface area (Å²) in [4.78, 5) is 25.6. The van der Waals surface area contributed by atoms with E-state index in [1.165, 1.54) is 5.56 Å². The molecule has 1 N–H and O–H groups in total. The monoisotopic (exact) mass is 315 g/mol. The van der Waals surface area contributed by atoms with Crippen molar-refractivity contribution in [1.29, 1.82) is 0 Å². The Kier molecular flexibility index (Phi) is 4.69. The fourth-order valence-corrected chi connectivity index (χ4v) is 4.09. The Morgan fingerprint density at radius 3 is 2.57 bits per heavy atom. The zero-order valence-electron chi connectivity index (χ0n) is 13.6. The molecule has 23 heavy (non-hydrogen) atoms. The maximum absolute atomic E-state index is 12.6. The Balaban J connectivity index is 1.51. The number of carboxylic acid groups (broad SMARTS) is 1. The van der Waals surface area contributed by atoms with Crippen LogP contribution in [-0.4, -0.2) is 34.5 Å². The van der Waals surface area contributed by atoms with Gasteiger partial charge in [0.15, 0.2) is 0 Å². The van der Waals surface area contributed by atoms with Gasteiger partial charge in [0, 0.05) is 19.0 Å². The van der Waals surface area contributed by atoms with E-state index in [0.29, 0.717) is 31.2 Å². The molecule has 4 nitrogen and oxygen atoms in total. The van der Waals surface area contributed by atoms with Crippen molar-refractivity contribution in [2.24, 2.45) is 11.8 Å². The zero-order chi connectivity index (χ0) is 16.4. The van der Waals surface area contributed by atoms with E-state index in [2.05, 4.69) is 24.3 Å². The highest BCUT2D eigenvalue weighted by Crippen LogP contribution is 2.43. The number of rotatable bonds is 4. The van der Waals surface area contributed by atoms with E-state index >= 15 is 0 Å². The Labute approximate surface area is 137 Å². The van der Waals surface area contributed by atoms with Crippen molar-refractivity contribution in [3.8, 4) is 0 Å². The summed E-state index contributed by atoms with van der Waals surface area (Å²) in [5.41, 5.74) is 1.37. The van der Waals surface area contributed by atoms with E-state index in [-0.39, 0.29) is 11.9 Å². The van der Waals surface area contributed by atoms with Gasteiger partial charge in [-0.1, -0.05) is 30.3 Å². The van der Waals surface area contributed by atoms with Crippen molar-refractivity contribution in [2.45, 2.75) is 51.0 Å². The normalized spacial score (nSPS) is 30.6. The zero-order valence-corrected chi connectivity index (χ0v) is 13.6. The van der Waals surface area contributed by atoms with Crippen LogP contribution < -0.4 is 0 Å². The first-order valence-electron chi connectivity index (χ1n) is 8.63. The summed E-state index contributed by atoms with van der Waals surface area (Å²) in [5.74, 6) is -0.0152. The van der Waals surface area contributed by atoms with Crippen LogP contribution in [0.15, 0.2) is 30.3 Å². The first kappa shape index (κ1) is 16.0. The molecule has 0 radical (unpaired) electrons. The number of piperidine rings is 1. The van der Waals surface area contributed by atoms with E-state index in [1.807, 2.05) is 13.0 Å². The molecule has 1 aliphatic heterocycles. The van der Waals surface area contributed by atoms with Gasteiger partial charge in [0.05, 0.1) is 5.92 Å². The molecular weight excluding hydrogens is 290 g/mol. The van der Waals surface area contributed by atoms with Gasteiger partial charge in [0.2, 0.25) is 5.91 Å². The lowest BCUT2D eigenvalue weighted by Crippen LogP contribution is -2.49. The van der Waals surface area contributed by atoms with Gasteiger partial charge in [0.25, 0.3) is 0 Å². The van der Waals surface area contributed by atoms with Crippen molar-refractivity contribution in [3.63, 3.8) is 0 Å². The second kappa shape index (κ2) is 6.73. The van der Waals surface area contributed by atoms with E-state index in [4.69, 9.17) is 0 Å². The number of benzene rings is 1. The topological polar surface area (TPSA) is 57.6 Å². The van der Waals surface area contributed by atoms with Crippen molar-refractivity contribution >= 4 is 11.9 Å². The number of likely N-dealkylation sites (tertiary alicyclic amines) is 1. The summed E-state index contributed by atoms with van der Waals surface area (Å²) in [6.45, 7) is 2.59. The van der Waals surface area contributed by atoms with Crippen LogP contribution in [0.4, 0.5) is 0 Å². The Bertz CT molecular complexity index is 565. The van der Waals surface area contributed by atoms with E-state index < -0.39 is 11.9 Å². The van der Waals surface area contributed by atoms with Crippen LogP contribution in [-0.2, 0) is 9.59 Å². The molecule has 0 aromatic heterocycles. The Hall–Kier alpha value is -1.84. The third-order valence-corrected chi connectivity index (χ3v) is 5.60. The van der Waals surface area contributed by atoms with Gasteiger partial charge >= 0.3 is 5.97 Å². The van der Waals surface area contributed by atoms with Gasteiger partial charge in [-0.3, -0.25) is 9.59 Å². The Morgan fingerprint density at radius 1 is 1.22 bits per heavy atom. The van der Waals surface area contributed by atoms with Crippen molar-refractivity contribution in [3.05, 3.63) is 35.9 Å². The van der Waals surface area contributed by atoms with Crippen molar-refractivity contribution in [1.82, 2.24) is 4.90 Å². The van der Waals surface area contributed by atoms with Gasteiger partial charge in [-0.25, -0.2) is 0 Å². The number of carbonyl (C=O) groups excluding carboxylic acids is 1. The summed E-state index contributed by atoms with van der Waals surface area (Å²) in [6.07, 6.45) is 4.19. The summed E-state index contributed by atoms with van der Waals surface area (Å²) in [7, 11) is 0. The third kappa shape index (κ3) is 3.41. The first-order valence-corrected chi connectivity index (χ1v) is 8.63. The highest BCUT2D eigenvalue weighted by molar-refractivity contribution is 5.79. The molecule has 2 atom stereocenters. The standard InChI is InChI=1S/C19H25NO3/c1-13-17(19(22)23)8-5-9-20(13)18(21)12-14-10-16(11-14)15-6-3-2-4-7-15/h2-4,6-7,13-14,16-17H,5,8-12H2,1H3,(H,22,23)/t13-,14?,16?,17-/m1/s1. The molecule has 2 fully saturated rings. The average Bonchev–Trinajstić information content (AvgIpc) is 2.51. The quantitative estimate of drug-likeness (QED) is 0.927. The Morgan fingerprint density at radius 2 is 1.91 bits per heavy atom. The maximum Gasteiger partial charge on any atom is 0.308 e. The maximum atomic E-state index is 12.6. The number of carbonyl (C=O) groups is 2. The smallest absolute Gasteiger partial charge is 0.308 e. The lowest BCUT2D eigenvalue weighted by Gasteiger charge is -2.40. The molecule has 1 saturated heterocycles. The highest BCUT2D eigenvalue weighted by Gasteiger charge is 2.38. The van der Waals surface area contributed by atoms with Gasteiger partial charge < -0.3 is 10.0 Å². The first-order chi connectivity index (χ1) is 11.1. The second-order valence-corrected chi connectivity index (χ2v) is 7.06. The molecule has 1 aliphatic carbocycles. The fraction of sp³-hybridized carbons (Fsp3) is 0.579. The molecule has 1 aromatic carbocycles. The SMILES string of the molecule is C[C@@H]1[C@H](C(=O)O)CCCN1C(=O)CC1CC(c2ccccc2)C1. The van der Waals surface area contributed by atoms with Gasteiger partial charge in [-0.05, 0) is 50.0 Å². The number of aliphatic carboxylic acids is 1. The highest BCUT2D eigenvalue weighted by atomic mass is 16.4. The summed E-state index contributed by atoms with van der Waals surface area (Å²) >= 11 is 0. The number of hydrogen-bond acceptors (Lipinski definition) is 2. The van der Waals surface area contributed by atoms with E-state index in [9.17, 15) is 14.7 Å². The van der Waals surface area contributed by atoms with Gasteiger partial charge in [-0.2, -0.15) is 0 Å². The largest absolute Gasteiger partial charge is 0.481 e. The predicted octanol–water partition coefficient (Wildman–Crippen LogP) is 3.28. The minimum atomic E-state index is -0.775. The molecule has 2 aliphatic rings. The van der Waals surface area contributed by atoms with Crippen LogP contribution in [0.25, 0.3) is 0 Å². The second-order valence-electron chi connectivity index (χ2n) is 7.06. The van der Waals surface area contributed by atoms with E-state index in [0.717, 1.165) is 19.3 Å².